The van der Waals surface area contributed by atoms with Gasteiger partial charge in [0.05, 0.1) is 45.7 Å². The van der Waals surface area contributed by atoms with E-state index >= 15 is 0 Å². The number of carbonyl (C=O) groups excluding carboxylic acids is 4. The Kier molecular flexibility index (Phi) is 42.6. The summed E-state index contributed by atoms with van der Waals surface area (Å²) in [6, 6.07) is 36.0. The van der Waals surface area contributed by atoms with Crippen molar-refractivity contribution in [2.45, 2.75) is 156 Å². The van der Waals surface area contributed by atoms with Gasteiger partial charge in [-0.1, -0.05) is 221 Å². The number of hydrogen-bond donors (Lipinski definition) is 4. The van der Waals surface area contributed by atoms with E-state index in [1.54, 1.807) is 27.7 Å². The quantitative estimate of drug-likeness (QED) is 0.0142. The number of esters is 4. The highest BCUT2D eigenvalue weighted by Gasteiger charge is 2.25. The summed E-state index contributed by atoms with van der Waals surface area (Å²) in [5, 5.41) is 37.0. The molecule has 4 N–H and O–H groups in total. The van der Waals surface area contributed by atoms with Gasteiger partial charge in [0.2, 0.25) is 0 Å². The van der Waals surface area contributed by atoms with Crippen molar-refractivity contribution in [2.24, 2.45) is 0 Å². The topological polar surface area (TPSA) is 214 Å². The fourth-order valence-corrected chi connectivity index (χ4v) is 8.31. The Morgan fingerprint density at radius 2 is 0.744 bits per heavy atom. The molecule has 0 aliphatic rings. The molecular formula is C71H102O15. The molecule has 476 valence electrons. The second kappa shape index (κ2) is 47.4. The lowest BCUT2D eigenvalue weighted by Gasteiger charge is -2.27. The van der Waals surface area contributed by atoms with E-state index in [2.05, 4.69) is 148 Å². The van der Waals surface area contributed by atoms with Gasteiger partial charge < -0.3 is 53.6 Å². The molecule has 0 saturated carbocycles. The predicted octanol–water partition coefficient (Wildman–Crippen LogP) is 13.0. The smallest absolute Gasteiger partial charge is 0.333 e. The maximum atomic E-state index is 11.6. The van der Waals surface area contributed by atoms with E-state index in [9.17, 15) is 29.4 Å². The number of rotatable bonds is 38. The van der Waals surface area contributed by atoms with E-state index in [-0.39, 0.29) is 77.2 Å². The van der Waals surface area contributed by atoms with E-state index in [4.69, 9.17) is 33.9 Å². The van der Waals surface area contributed by atoms with Crippen molar-refractivity contribution in [1.29, 1.82) is 0 Å². The molecule has 4 aromatic rings. The van der Waals surface area contributed by atoms with Gasteiger partial charge >= 0.3 is 23.9 Å². The van der Waals surface area contributed by atoms with Gasteiger partial charge in [0.15, 0.2) is 0 Å². The van der Waals surface area contributed by atoms with Crippen molar-refractivity contribution in [2.75, 3.05) is 72.7 Å². The van der Waals surface area contributed by atoms with Crippen molar-refractivity contribution in [3.8, 4) is 5.75 Å². The Bertz CT molecular complexity index is 2450. The molecule has 5 unspecified atom stereocenters. The van der Waals surface area contributed by atoms with Crippen LogP contribution in [0.3, 0.4) is 0 Å². The zero-order valence-electron chi connectivity index (χ0n) is 52.9. The Morgan fingerprint density at radius 3 is 1.09 bits per heavy atom. The summed E-state index contributed by atoms with van der Waals surface area (Å²) >= 11 is 0. The maximum absolute atomic E-state index is 11.6. The Hall–Kier alpha value is -6.72. The monoisotopic (exact) mass is 1190 g/mol. The van der Waals surface area contributed by atoms with Gasteiger partial charge in [0.1, 0.15) is 44.9 Å². The van der Waals surface area contributed by atoms with E-state index in [0.29, 0.717) is 35.5 Å². The molecule has 4 aromatic carbocycles. The summed E-state index contributed by atoms with van der Waals surface area (Å²) in [5.74, 6) is -0.706. The highest BCUT2D eigenvalue weighted by Crippen LogP contribution is 2.43. The van der Waals surface area contributed by atoms with Crippen LogP contribution in [0.2, 0.25) is 0 Å². The molecule has 0 bridgehead atoms. The molecular weight excluding hydrogens is 1090 g/mol. The minimum Gasteiger partial charge on any atom is -0.490 e. The number of carbonyl (C=O) groups is 4. The first-order valence-electron chi connectivity index (χ1n) is 30.2. The first kappa shape index (κ1) is 77.3. The minimum atomic E-state index is -0.866. The molecule has 0 spiro atoms. The SMILES string of the molecule is C=C(C)C(=O)OCCO.C=C(C)C(=O)OCCO.C=C(C)C(=O)OCCOCC(O)CCCCCCCCCCCC.C=C(C)C(=O)OCCOCC(O)COc1c(C(C)c2ccccc2)cc(C(C)c2ccccc2)cc1C(C)c1ccccc1. The maximum Gasteiger partial charge on any atom is 0.333 e. The summed E-state index contributed by atoms with van der Waals surface area (Å²) < 4.78 is 36.3. The molecule has 15 nitrogen and oxygen atoms in total. The van der Waals surface area contributed by atoms with Crippen LogP contribution < -0.4 is 4.74 Å². The number of aliphatic hydroxyl groups excluding tert-OH is 4. The number of aliphatic hydroxyl groups is 4. The summed E-state index contributed by atoms with van der Waals surface area (Å²) in [4.78, 5) is 43.6. The molecule has 15 heteroatoms. The van der Waals surface area contributed by atoms with E-state index in [1.807, 2.05) is 18.2 Å². The van der Waals surface area contributed by atoms with Crippen LogP contribution in [-0.2, 0) is 47.6 Å². The molecule has 0 radical (unpaired) electrons. The Morgan fingerprint density at radius 1 is 0.419 bits per heavy atom. The molecule has 0 aliphatic heterocycles. The summed E-state index contributed by atoms with van der Waals surface area (Å²) in [6.07, 6.45) is 12.5. The Labute approximate surface area is 514 Å². The second-order valence-corrected chi connectivity index (χ2v) is 21.3. The number of unbranched alkanes of at least 4 members (excludes halogenated alkanes) is 9. The summed E-state index contributed by atoms with van der Waals surface area (Å²) in [6.45, 7) is 30.0. The molecule has 86 heavy (non-hydrogen) atoms. The Balaban J connectivity index is 0.000000730. The third-order valence-electron chi connectivity index (χ3n) is 13.4. The van der Waals surface area contributed by atoms with Gasteiger partial charge in [-0.15, -0.1) is 0 Å². The molecule has 0 amide bonds. The lowest BCUT2D eigenvalue weighted by atomic mass is 9.81. The fraction of sp³-hybridized carbons (Fsp3) is 0.493. The zero-order chi connectivity index (χ0) is 64.1. The first-order valence-corrected chi connectivity index (χ1v) is 30.2. The number of benzene rings is 4. The highest BCUT2D eigenvalue weighted by atomic mass is 16.6. The normalized spacial score (nSPS) is 12.3. The summed E-state index contributed by atoms with van der Waals surface area (Å²) in [5.41, 5.74) is 8.42. The first-order chi connectivity index (χ1) is 41.2. The van der Waals surface area contributed by atoms with Gasteiger partial charge in [-0.2, -0.15) is 0 Å². The van der Waals surface area contributed by atoms with E-state index in [0.717, 1.165) is 29.7 Å². The average Bonchev–Trinajstić information content (AvgIpc) is 1.07. The third kappa shape index (κ3) is 34.4. The van der Waals surface area contributed by atoms with Crippen LogP contribution in [0.4, 0.5) is 0 Å². The molecule has 0 aromatic heterocycles. The van der Waals surface area contributed by atoms with Crippen LogP contribution in [0.1, 0.15) is 177 Å². The largest absolute Gasteiger partial charge is 0.490 e. The lowest BCUT2D eigenvalue weighted by Crippen LogP contribution is -2.25. The van der Waals surface area contributed by atoms with E-state index < -0.39 is 36.1 Å². The average molecular weight is 1200 g/mol. The van der Waals surface area contributed by atoms with Crippen LogP contribution >= 0.6 is 0 Å². The van der Waals surface area contributed by atoms with Gasteiger partial charge in [0, 0.05) is 51.2 Å². The van der Waals surface area contributed by atoms with E-state index in [1.165, 1.54) is 80.0 Å². The van der Waals surface area contributed by atoms with Crippen molar-refractivity contribution in [3.63, 3.8) is 0 Å². The minimum absolute atomic E-state index is 0.0473. The van der Waals surface area contributed by atoms with Crippen molar-refractivity contribution >= 4 is 23.9 Å². The summed E-state index contributed by atoms with van der Waals surface area (Å²) in [7, 11) is 0. The van der Waals surface area contributed by atoms with Gasteiger partial charge in [-0.3, -0.25) is 0 Å². The van der Waals surface area contributed by atoms with Crippen LogP contribution in [-0.4, -0.2) is 129 Å². The van der Waals surface area contributed by atoms with Crippen LogP contribution in [0, 0.1) is 0 Å². The van der Waals surface area contributed by atoms with Crippen LogP contribution in [0.15, 0.2) is 152 Å². The highest BCUT2D eigenvalue weighted by molar-refractivity contribution is 5.88. The van der Waals surface area contributed by atoms with Crippen LogP contribution in [0.5, 0.6) is 5.75 Å². The molecule has 0 heterocycles. The number of hydrogen-bond acceptors (Lipinski definition) is 15. The van der Waals surface area contributed by atoms with Crippen molar-refractivity contribution < 1.29 is 72.8 Å². The molecule has 0 saturated heterocycles. The van der Waals surface area contributed by atoms with Crippen molar-refractivity contribution in [3.05, 3.63) is 185 Å². The van der Waals surface area contributed by atoms with Gasteiger partial charge in [-0.05, 0) is 56.4 Å². The molecule has 4 rings (SSSR count). The molecule has 0 aliphatic carbocycles. The molecule has 0 fully saturated rings. The molecule has 5 atom stereocenters. The second-order valence-electron chi connectivity index (χ2n) is 21.3. The number of ether oxygens (including phenoxy) is 7. The van der Waals surface area contributed by atoms with Gasteiger partial charge in [-0.25, -0.2) is 19.2 Å². The third-order valence-corrected chi connectivity index (χ3v) is 13.4. The standard InChI is InChI=1S/C39H44O5.C20H38O4.2C6H10O3/c1-27(2)39(41)43-22-21-42-25-35(40)26-44-38-36(29(4)32-17-11-7-12-18-32)23-34(28(3)31-15-9-6-10-16-31)24-37(38)30(5)33-19-13-8-14-20-33;1-4-5-6-7-8-9-10-11-12-13-14-19(21)17-23-15-16-24-20(22)18(2)3;2*1-5(2)6(8)9-4-3-7/h6-20,23-24,28-30,35,40H,1,21-22,25-26H2,2-5H3;19,21H,2,4-17H2,1,3H3;2*7H,1,3-4H2,2H3. The fourth-order valence-electron chi connectivity index (χ4n) is 8.31. The lowest BCUT2D eigenvalue weighted by molar-refractivity contribution is -0.141. The van der Waals surface area contributed by atoms with Crippen molar-refractivity contribution in [1.82, 2.24) is 0 Å². The van der Waals surface area contributed by atoms with Crippen LogP contribution in [0.25, 0.3) is 0 Å². The predicted molar refractivity (Wildman–Crippen MR) is 341 cm³/mol. The zero-order valence-corrected chi connectivity index (χ0v) is 52.9. The van der Waals surface area contributed by atoms with Gasteiger partial charge in [0.25, 0.3) is 0 Å².